The fourth-order valence-electron chi connectivity index (χ4n) is 5.12. The maximum atomic E-state index is 12.8. The quantitative estimate of drug-likeness (QED) is 0.462. The first-order chi connectivity index (χ1) is 17.2. The minimum Gasteiger partial charge on any atom is -0.353 e. The molecule has 0 bridgehead atoms. The van der Waals surface area contributed by atoms with Gasteiger partial charge in [-0.2, -0.15) is 5.10 Å². The van der Waals surface area contributed by atoms with Crippen LogP contribution >= 0.6 is 0 Å². The number of H-pyrrole nitrogens is 1. The molecule has 1 amide bonds. The number of anilines is 1. The highest BCUT2D eigenvalue weighted by atomic mass is 16.2. The van der Waals surface area contributed by atoms with Crippen LogP contribution in [0.3, 0.4) is 0 Å². The lowest BCUT2D eigenvalue weighted by Gasteiger charge is -2.37. The molecule has 0 unspecified atom stereocenters. The highest BCUT2D eigenvalue weighted by Crippen LogP contribution is 2.38. The van der Waals surface area contributed by atoms with Crippen LogP contribution < -0.4 is 4.90 Å². The summed E-state index contributed by atoms with van der Waals surface area (Å²) < 4.78 is 1.85. The normalized spacial score (nSPS) is 15.6. The van der Waals surface area contributed by atoms with Crippen molar-refractivity contribution in [3.8, 4) is 11.3 Å². The maximum absolute atomic E-state index is 12.8. The summed E-state index contributed by atoms with van der Waals surface area (Å²) in [6.07, 6.45) is 3.66. The van der Waals surface area contributed by atoms with Crippen LogP contribution in [0.2, 0.25) is 0 Å². The summed E-state index contributed by atoms with van der Waals surface area (Å²) >= 11 is 0. The van der Waals surface area contributed by atoms with Crippen LogP contribution in [-0.4, -0.2) is 86.6 Å². The molecule has 9 heteroatoms. The number of pyridine rings is 2. The van der Waals surface area contributed by atoms with E-state index >= 15 is 0 Å². The Labute approximate surface area is 212 Å². The van der Waals surface area contributed by atoms with E-state index in [2.05, 4.69) is 66.0 Å². The topological polar surface area (TPSA) is 85.7 Å². The van der Waals surface area contributed by atoms with E-state index in [0.717, 1.165) is 52.4 Å². The number of carbonyl (C=O) groups is 1. The van der Waals surface area contributed by atoms with E-state index in [0.29, 0.717) is 13.1 Å². The van der Waals surface area contributed by atoms with Gasteiger partial charge in [-0.25, -0.2) is 14.5 Å². The van der Waals surface area contributed by atoms with Crippen LogP contribution in [0.1, 0.15) is 43.4 Å². The lowest BCUT2D eigenvalue weighted by Crippen LogP contribution is -2.53. The molecule has 1 N–H and O–H groups in total. The Morgan fingerprint density at radius 3 is 2.44 bits per heavy atom. The molecule has 5 rings (SSSR count). The summed E-state index contributed by atoms with van der Waals surface area (Å²) in [7, 11) is 3.89. The third kappa shape index (κ3) is 4.01. The Balaban J connectivity index is 1.48. The van der Waals surface area contributed by atoms with Crippen molar-refractivity contribution in [2.75, 3.05) is 45.2 Å². The Hall–Kier alpha value is -3.46. The van der Waals surface area contributed by atoms with Crippen molar-refractivity contribution in [3.63, 3.8) is 0 Å². The zero-order chi connectivity index (χ0) is 25.7. The van der Waals surface area contributed by atoms with Crippen molar-refractivity contribution in [3.05, 3.63) is 41.3 Å². The molecule has 4 aromatic rings. The lowest BCUT2D eigenvalue weighted by atomic mass is 9.95. The van der Waals surface area contributed by atoms with Crippen LogP contribution in [0.5, 0.6) is 0 Å². The van der Waals surface area contributed by atoms with Crippen molar-refractivity contribution in [2.24, 2.45) is 0 Å². The molecule has 36 heavy (non-hydrogen) atoms. The number of hydrogen-bond donors (Lipinski definition) is 1. The van der Waals surface area contributed by atoms with Gasteiger partial charge in [-0.3, -0.25) is 9.69 Å². The first-order valence-corrected chi connectivity index (χ1v) is 12.7. The predicted octanol–water partition coefficient (Wildman–Crippen LogP) is 3.61. The fourth-order valence-corrected chi connectivity index (χ4v) is 5.12. The average molecular weight is 489 g/mol. The molecule has 1 fully saturated rings. The number of aromatic nitrogens is 5. The van der Waals surface area contributed by atoms with E-state index < -0.39 is 0 Å². The predicted molar refractivity (Wildman–Crippen MR) is 144 cm³/mol. The van der Waals surface area contributed by atoms with Crippen LogP contribution in [0.15, 0.2) is 24.7 Å². The van der Waals surface area contributed by atoms with E-state index in [9.17, 15) is 4.79 Å². The molecule has 1 aliphatic rings. The van der Waals surface area contributed by atoms with E-state index in [-0.39, 0.29) is 17.9 Å². The number of fused-ring (bicyclic) bond motifs is 2. The summed E-state index contributed by atoms with van der Waals surface area (Å²) in [5.41, 5.74) is 8.67. The maximum Gasteiger partial charge on any atom is 0.239 e. The summed E-state index contributed by atoms with van der Waals surface area (Å²) in [4.78, 5) is 32.2. The second-order valence-electron chi connectivity index (χ2n) is 10.4. The van der Waals surface area contributed by atoms with Gasteiger partial charge in [0.15, 0.2) is 5.65 Å². The summed E-state index contributed by atoms with van der Waals surface area (Å²) in [5.74, 6) is 1.43. The minimum atomic E-state index is -0.110. The number of carbonyl (C=O) groups excluding carboxylic acids is 1. The van der Waals surface area contributed by atoms with E-state index in [1.165, 1.54) is 11.1 Å². The molecule has 4 aromatic heterocycles. The summed E-state index contributed by atoms with van der Waals surface area (Å²) in [6, 6.07) is 4.11. The first kappa shape index (κ1) is 24.2. The molecule has 5 heterocycles. The molecule has 0 saturated carbocycles. The second kappa shape index (κ2) is 9.20. The Bertz CT molecular complexity index is 1420. The van der Waals surface area contributed by atoms with Gasteiger partial charge >= 0.3 is 0 Å². The SMILES string of the molecule is Cc1c(-c2[nH]c3ccc(N4CCN(C(=O)[C@H](C)N(C)C)CC4)nc3c2C(C)C)cn2ncnc2c1C. The Morgan fingerprint density at radius 1 is 1.06 bits per heavy atom. The second-order valence-corrected chi connectivity index (χ2v) is 10.4. The van der Waals surface area contributed by atoms with Gasteiger partial charge in [-0.15, -0.1) is 0 Å². The molecule has 1 aliphatic heterocycles. The van der Waals surface area contributed by atoms with Crippen LogP contribution in [0.4, 0.5) is 5.82 Å². The fraction of sp³-hybridized carbons (Fsp3) is 0.481. The van der Waals surface area contributed by atoms with Gasteiger partial charge in [0.2, 0.25) is 5.91 Å². The summed E-state index contributed by atoms with van der Waals surface area (Å²) in [5, 5.41) is 4.39. The van der Waals surface area contributed by atoms with E-state index in [4.69, 9.17) is 4.98 Å². The highest BCUT2D eigenvalue weighted by Gasteiger charge is 2.27. The van der Waals surface area contributed by atoms with Gasteiger partial charge < -0.3 is 14.8 Å². The van der Waals surface area contributed by atoms with E-state index in [1.807, 2.05) is 35.3 Å². The van der Waals surface area contributed by atoms with E-state index in [1.54, 1.807) is 6.33 Å². The number of likely N-dealkylation sites (N-methyl/N-ethyl adjacent to an activating group) is 1. The van der Waals surface area contributed by atoms with Crippen LogP contribution in [0, 0.1) is 13.8 Å². The number of nitrogens with zero attached hydrogens (tertiary/aromatic N) is 7. The highest BCUT2D eigenvalue weighted by molar-refractivity contribution is 5.90. The standard InChI is InChI=1S/C27H36N8O/c1-16(2)23-24(20-14-35-26(28-15-29-35)18(4)17(20)3)30-21-8-9-22(31-25(21)23)33-10-12-34(13-11-33)27(36)19(5)32(6)7/h8-9,14-16,19,30H,10-13H2,1-7H3/t19-/m0/s1. The molecule has 1 saturated heterocycles. The number of aryl methyl sites for hydroxylation is 1. The van der Waals surface area contributed by atoms with Gasteiger partial charge in [0.05, 0.1) is 22.8 Å². The molecule has 9 nitrogen and oxygen atoms in total. The molecular weight excluding hydrogens is 452 g/mol. The Morgan fingerprint density at radius 2 is 1.78 bits per heavy atom. The molecule has 0 aromatic carbocycles. The monoisotopic (exact) mass is 488 g/mol. The van der Waals surface area contributed by atoms with Gasteiger partial charge in [-0.1, -0.05) is 13.8 Å². The number of amides is 1. The van der Waals surface area contributed by atoms with Crippen LogP contribution in [0.25, 0.3) is 27.9 Å². The largest absolute Gasteiger partial charge is 0.353 e. The van der Waals surface area contributed by atoms with Crippen molar-refractivity contribution < 1.29 is 4.79 Å². The number of aromatic amines is 1. The van der Waals surface area contributed by atoms with Gasteiger partial charge in [0.1, 0.15) is 12.1 Å². The average Bonchev–Trinajstić information content (AvgIpc) is 3.49. The third-order valence-corrected chi connectivity index (χ3v) is 7.69. The molecule has 0 radical (unpaired) electrons. The Kier molecular flexibility index (Phi) is 6.20. The van der Waals surface area contributed by atoms with Crippen molar-refractivity contribution >= 4 is 28.4 Å². The molecule has 0 aliphatic carbocycles. The molecular formula is C27H36N8O. The van der Waals surface area contributed by atoms with Gasteiger partial charge in [0, 0.05) is 43.5 Å². The van der Waals surface area contributed by atoms with Crippen molar-refractivity contribution in [2.45, 2.75) is 46.6 Å². The number of nitrogens with one attached hydrogen (secondary N) is 1. The van der Waals surface area contributed by atoms with Crippen molar-refractivity contribution in [1.82, 2.24) is 34.4 Å². The molecule has 190 valence electrons. The van der Waals surface area contributed by atoms with Gasteiger partial charge in [-0.05, 0) is 64.0 Å². The zero-order valence-electron chi connectivity index (χ0n) is 22.3. The van der Waals surface area contributed by atoms with Gasteiger partial charge in [0.25, 0.3) is 0 Å². The lowest BCUT2D eigenvalue weighted by molar-refractivity contribution is -0.135. The number of piperazine rings is 1. The first-order valence-electron chi connectivity index (χ1n) is 12.7. The summed E-state index contributed by atoms with van der Waals surface area (Å²) in [6.45, 7) is 13.6. The molecule has 1 atom stereocenters. The number of rotatable bonds is 5. The van der Waals surface area contributed by atoms with Crippen molar-refractivity contribution in [1.29, 1.82) is 0 Å². The van der Waals surface area contributed by atoms with Crippen LogP contribution in [-0.2, 0) is 4.79 Å². The zero-order valence-corrected chi connectivity index (χ0v) is 22.3. The third-order valence-electron chi connectivity index (χ3n) is 7.69. The minimum absolute atomic E-state index is 0.110. The number of hydrogen-bond acceptors (Lipinski definition) is 6. The smallest absolute Gasteiger partial charge is 0.239 e. The molecule has 0 spiro atoms.